The summed E-state index contributed by atoms with van der Waals surface area (Å²) in [6.07, 6.45) is 12.3. The first kappa shape index (κ1) is 31.4. The van der Waals surface area contributed by atoms with E-state index in [4.69, 9.17) is 9.53 Å². The first-order chi connectivity index (χ1) is 17.6. The Morgan fingerprint density at radius 1 is 1.22 bits per heavy atom. The molecule has 1 aromatic rings. The number of allylic oxidation sites excluding steroid dienone is 3. The van der Waals surface area contributed by atoms with Gasteiger partial charge in [0.15, 0.2) is 0 Å². The quantitative estimate of drug-likeness (QED) is 0.166. The maximum atomic E-state index is 11.9. The van der Waals surface area contributed by atoms with E-state index in [-0.39, 0.29) is 5.91 Å². The minimum absolute atomic E-state index is 0.0945. The second kappa shape index (κ2) is 20.5. The van der Waals surface area contributed by atoms with Crippen molar-refractivity contribution >= 4 is 30.2 Å². The summed E-state index contributed by atoms with van der Waals surface area (Å²) in [5.41, 5.74) is 3.65. The lowest BCUT2D eigenvalue weighted by Crippen LogP contribution is -2.37. The van der Waals surface area contributed by atoms with Gasteiger partial charge in [-0.3, -0.25) is 14.5 Å². The number of thioether (sulfide) groups is 1. The van der Waals surface area contributed by atoms with Crippen molar-refractivity contribution in [2.45, 2.75) is 32.7 Å². The SMILES string of the molecule is C=CC=O.CC.CN1CCCN(C2C=CC(/C=N/NC(=O)CSCCOc3ccccc3)=CC2)CC1. The number of amides is 1. The van der Waals surface area contributed by atoms with Gasteiger partial charge < -0.3 is 9.64 Å². The Kier molecular flexibility index (Phi) is 17.9. The molecule has 36 heavy (non-hydrogen) atoms. The van der Waals surface area contributed by atoms with Crippen LogP contribution >= 0.6 is 11.8 Å². The zero-order valence-electron chi connectivity index (χ0n) is 22.0. The molecule has 3 rings (SSSR count). The highest BCUT2D eigenvalue weighted by Gasteiger charge is 2.19. The van der Waals surface area contributed by atoms with Crippen molar-refractivity contribution in [1.29, 1.82) is 0 Å². The summed E-state index contributed by atoms with van der Waals surface area (Å²) in [6, 6.07) is 10.2. The van der Waals surface area contributed by atoms with E-state index < -0.39 is 0 Å². The van der Waals surface area contributed by atoms with Crippen LogP contribution in [0.2, 0.25) is 0 Å². The number of carbonyl (C=O) groups is 2. The molecular formula is C28H42N4O3S. The highest BCUT2D eigenvalue weighted by molar-refractivity contribution is 7.99. The maximum absolute atomic E-state index is 11.9. The fourth-order valence-corrected chi connectivity index (χ4v) is 4.10. The van der Waals surface area contributed by atoms with Crippen molar-refractivity contribution in [2.24, 2.45) is 5.10 Å². The zero-order chi connectivity index (χ0) is 26.4. The van der Waals surface area contributed by atoms with Crippen molar-refractivity contribution < 1.29 is 14.3 Å². The standard InChI is InChI=1S/C23H32N4O2S.C3H4O.C2H6/c1-26-12-5-13-27(15-14-26)21-10-8-20(9-11-21)18-24-25-23(28)19-30-17-16-29-22-6-3-2-4-7-22;1-2-3-4;1-2/h2-4,6-10,18,21H,5,11-17,19H2,1H3,(H,25,28);2-3H,1H2;1-2H3/b24-18+;;. The summed E-state index contributed by atoms with van der Waals surface area (Å²) in [6.45, 7) is 12.3. The number of nitrogens with one attached hydrogen (secondary N) is 1. The Bertz CT molecular complexity index is 836. The number of carbonyl (C=O) groups excluding carboxylic acids is 2. The number of ether oxygens (including phenoxy) is 1. The molecule has 1 unspecified atom stereocenters. The molecular weight excluding hydrogens is 472 g/mol. The molecule has 0 bridgehead atoms. The van der Waals surface area contributed by atoms with Gasteiger partial charge in [-0.25, -0.2) is 5.43 Å². The number of hydrogen-bond donors (Lipinski definition) is 1. The Morgan fingerprint density at radius 3 is 2.64 bits per heavy atom. The molecule has 1 aliphatic heterocycles. The second-order valence-electron chi connectivity index (χ2n) is 7.94. The largest absolute Gasteiger partial charge is 0.493 e. The molecule has 1 aliphatic carbocycles. The summed E-state index contributed by atoms with van der Waals surface area (Å²) in [5, 5.41) is 4.09. The van der Waals surface area contributed by atoms with Crippen molar-refractivity contribution in [3.8, 4) is 5.75 Å². The van der Waals surface area contributed by atoms with Crippen molar-refractivity contribution in [3.63, 3.8) is 0 Å². The summed E-state index contributed by atoms with van der Waals surface area (Å²) in [5.74, 6) is 1.89. The Hall–Kier alpha value is -2.68. The lowest BCUT2D eigenvalue weighted by atomic mass is 10.0. The van der Waals surface area contributed by atoms with Crippen molar-refractivity contribution in [3.05, 3.63) is 66.8 Å². The molecule has 0 saturated carbocycles. The molecule has 0 radical (unpaired) electrons. The summed E-state index contributed by atoms with van der Waals surface area (Å²) < 4.78 is 5.61. The third kappa shape index (κ3) is 14.0. The maximum Gasteiger partial charge on any atom is 0.250 e. The van der Waals surface area contributed by atoms with Gasteiger partial charge in [-0.2, -0.15) is 5.10 Å². The highest BCUT2D eigenvalue weighted by Crippen LogP contribution is 2.17. The van der Waals surface area contributed by atoms with Gasteiger partial charge in [0.1, 0.15) is 12.0 Å². The Balaban J connectivity index is 0.000000982. The number of para-hydroxylation sites is 1. The number of hydrazone groups is 1. The summed E-state index contributed by atoms with van der Waals surface area (Å²) >= 11 is 1.54. The van der Waals surface area contributed by atoms with E-state index in [1.165, 1.54) is 30.8 Å². The van der Waals surface area contributed by atoms with Gasteiger partial charge in [-0.1, -0.05) is 56.9 Å². The third-order valence-corrected chi connectivity index (χ3v) is 6.22. The molecule has 1 saturated heterocycles. The van der Waals surface area contributed by atoms with E-state index in [0.717, 1.165) is 43.1 Å². The van der Waals surface area contributed by atoms with E-state index in [1.807, 2.05) is 44.2 Å². The molecule has 1 amide bonds. The summed E-state index contributed by atoms with van der Waals surface area (Å²) in [4.78, 5) is 25.9. The van der Waals surface area contributed by atoms with Crippen LogP contribution in [-0.2, 0) is 9.59 Å². The lowest BCUT2D eigenvalue weighted by Gasteiger charge is -2.29. The third-order valence-electron chi connectivity index (χ3n) is 5.30. The molecule has 1 N–H and O–H groups in total. The van der Waals surface area contributed by atoms with Crippen LogP contribution in [0.4, 0.5) is 0 Å². The van der Waals surface area contributed by atoms with Gasteiger partial charge in [0.2, 0.25) is 5.91 Å². The molecule has 7 nitrogen and oxygen atoms in total. The minimum Gasteiger partial charge on any atom is -0.493 e. The fraction of sp³-hybridized carbons (Fsp3) is 0.464. The van der Waals surface area contributed by atoms with Gasteiger partial charge in [0.05, 0.1) is 18.6 Å². The van der Waals surface area contributed by atoms with Gasteiger partial charge in [0, 0.05) is 31.4 Å². The van der Waals surface area contributed by atoms with Crippen molar-refractivity contribution in [2.75, 3.05) is 51.3 Å². The number of rotatable bonds is 10. The molecule has 0 spiro atoms. The molecule has 1 fully saturated rings. The number of likely N-dealkylation sites (N-methyl/N-ethyl adjacent to an activating group) is 1. The smallest absolute Gasteiger partial charge is 0.250 e. The zero-order valence-corrected chi connectivity index (χ0v) is 22.8. The van der Waals surface area contributed by atoms with Crippen LogP contribution in [0.5, 0.6) is 5.75 Å². The minimum atomic E-state index is -0.0945. The van der Waals surface area contributed by atoms with Crippen LogP contribution < -0.4 is 10.2 Å². The van der Waals surface area contributed by atoms with E-state index in [2.05, 4.69) is 52.2 Å². The molecule has 1 heterocycles. The second-order valence-corrected chi connectivity index (χ2v) is 9.04. The average molecular weight is 515 g/mol. The number of aldehydes is 1. The number of nitrogens with zero attached hydrogens (tertiary/aromatic N) is 3. The predicted molar refractivity (Wildman–Crippen MR) is 153 cm³/mol. The normalized spacial score (nSPS) is 18.0. The van der Waals surface area contributed by atoms with Gasteiger partial charge in [-0.05, 0) is 50.2 Å². The number of benzene rings is 1. The van der Waals surface area contributed by atoms with Crippen LogP contribution in [0.3, 0.4) is 0 Å². The topological polar surface area (TPSA) is 74.2 Å². The average Bonchev–Trinajstić information content (AvgIpc) is 3.15. The fourth-order valence-electron chi connectivity index (χ4n) is 3.50. The van der Waals surface area contributed by atoms with E-state index in [0.29, 0.717) is 24.7 Å². The monoisotopic (exact) mass is 514 g/mol. The molecule has 2 aliphatic rings. The van der Waals surface area contributed by atoms with E-state index in [1.54, 1.807) is 6.21 Å². The lowest BCUT2D eigenvalue weighted by molar-refractivity contribution is -0.118. The van der Waals surface area contributed by atoms with Crippen LogP contribution in [-0.4, -0.2) is 85.6 Å². The molecule has 198 valence electrons. The summed E-state index contributed by atoms with van der Waals surface area (Å²) in [7, 11) is 2.19. The molecule has 1 atom stereocenters. The molecule has 0 aromatic heterocycles. The van der Waals surface area contributed by atoms with E-state index in [9.17, 15) is 4.79 Å². The van der Waals surface area contributed by atoms with Gasteiger partial charge in [-0.15, -0.1) is 11.8 Å². The predicted octanol–water partition coefficient (Wildman–Crippen LogP) is 4.19. The molecule has 1 aromatic carbocycles. The van der Waals surface area contributed by atoms with E-state index >= 15 is 0 Å². The number of hydrogen-bond acceptors (Lipinski definition) is 7. The van der Waals surface area contributed by atoms with Crippen LogP contribution in [0.1, 0.15) is 26.7 Å². The van der Waals surface area contributed by atoms with Crippen LogP contribution in [0.25, 0.3) is 0 Å². The van der Waals surface area contributed by atoms with Crippen molar-refractivity contribution in [1.82, 2.24) is 15.2 Å². The molecule has 8 heteroatoms. The van der Waals surface area contributed by atoms with Gasteiger partial charge >= 0.3 is 0 Å². The highest BCUT2D eigenvalue weighted by atomic mass is 32.2. The first-order valence-electron chi connectivity index (χ1n) is 12.6. The van der Waals surface area contributed by atoms with Gasteiger partial charge in [0.25, 0.3) is 0 Å². The first-order valence-corrected chi connectivity index (χ1v) is 13.7. The Morgan fingerprint density at radius 2 is 1.97 bits per heavy atom. The Labute approximate surface area is 221 Å². The van der Waals surface area contributed by atoms with Crippen LogP contribution in [0, 0.1) is 0 Å². The van der Waals surface area contributed by atoms with Crippen LogP contribution in [0.15, 0.2) is 71.9 Å².